The summed E-state index contributed by atoms with van der Waals surface area (Å²) in [5.74, 6) is -0.708. The Kier molecular flexibility index (Phi) is 3.02. The second-order valence-electron chi connectivity index (χ2n) is 3.09. The topological polar surface area (TPSA) is 43.1 Å². The third-order valence-electron chi connectivity index (χ3n) is 2.08. The molecule has 0 spiro atoms. The molecule has 0 aliphatic carbocycles. The summed E-state index contributed by atoms with van der Waals surface area (Å²) in [6.45, 7) is 1.67. The van der Waals surface area contributed by atoms with Gasteiger partial charge in [-0.05, 0) is 30.2 Å². The largest absolute Gasteiger partial charge is 0.416 e. The normalized spacial score (nSPS) is 11.5. The number of benzene rings is 1. The number of hydrogen-bond donors (Lipinski definition) is 1. The van der Waals surface area contributed by atoms with Crippen molar-refractivity contribution < 1.29 is 18.0 Å². The standard InChI is InChI=1S/C10H10F3NO/c1-2-6-5-7(10(11,12)13)3-4-8(6)9(14)15/h3-5H,2H2,1H3,(H2,14,15). The zero-order chi connectivity index (χ0) is 11.6. The maximum atomic E-state index is 12.3. The molecule has 0 aliphatic heterocycles. The van der Waals surface area contributed by atoms with Crippen molar-refractivity contribution in [2.75, 3.05) is 0 Å². The summed E-state index contributed by atoms with van der Waals surface area (Å²) in [6, 6.07) is 2.93. The van der Waals surface area contributed by atoms with Gasteiger partial charge in [-0.1, -0.05) is 6.92 Å². The molecule has 0 atom stereocenters. The number of alkyl halides is 3. The molecule has 15 heavy (non-hydrogen) atoms. The Bertz CT molecular complexity index is 385. The molecule has 1 aromatic rings. The average Bonchev–Trinajstić information content (AvgIpc) is 2.15. The summed E-state index contributed by atoms with van der Waals surface area (Å²) in [7, 11) is 0. The second kappa shape index (κ2) is 3.92. The lowest BCUT2D eigenvalue weighted by Gasteiger charge is -2.10. The SMILES string of the molecule is CCc1cc(C(F)(F)F)ccc1C(N)=O. The van der Waals surface area contributed by atoms with E-state index in [1.165, 1.54) is 0 Å². The van der Waals surface area contributed by atoms with Gasteiger partial charge < -0.3 is 5.73 Å². The van der Waals surface area contributed by atoms with E-state index in [1.807, 2.05) is 0 Å². The fourth-order valence-electron chi connectivity index (χ4n) is 1.30. The second-order valence-corrected chi connectivity index (χ2v) is 3.09. The Morgan fingerprint density at radius 3 is 2.40 bits per heavy atom. The highest BCUT2D eigenvalue weighted by Gasteiger charge is 2.31. The van der Waals surface area contributed by atoms with Gasteiger partial charge in [0.1, 0.15) is 0 Å². The van der Waals surface area contributed by atoms with Gasteiger partial charge in [-0.25, -0.2) is 0 Å². The summed E-state index contributed by atoms with van der Waals surface area (Å²) >= 11 is 0. The minimum atomic E-state index is -4.39. The molecule has 5 heteroatoms. The van der Waals surface area contributed by atoms with Crippen LogP contribution in [0.1, 0.15) is 28.4 Å². The van der Waals surface area contributed by atoms with Crippen LogP contribution < -0.4 is 5.73 Å². The third kappa shape index (κ3) is 2.49. The van der Waals surface area contributed by atoms with Gasteiger partial charge in [0, 0.05) is 5.56 Å². The van der Waals surface area contributed by atoms with Gasteiger partial charge >= 0.3 is 6.18 Å². The number of carbonyl (C=O) groups is 1. The number of amides is 1. The van der Waals surface area contributed by atoms with Crippen LogP contribution in [0.4, 0.5) is 13.2 Å². The first-order valence-electron chi connectivity index (χ1n) is 4.36. The number of hydrogen-bond acceptors (Lipinski definition) is 1. The fraction of sp³-hybridized carbons (Fsp3) is 0.300. The van der Waals surface area contributed by atoms with E-state index in [0.717, 1.165) is 18.2 Å². The van der Waals surface area contributed by atoms with Gasteiger partial charge in [-0.2, -0.15) is 13.2 Å². The van der Waals surface area contributed by atoms with Crippen molar-refractivity contribution in [2.24, 2.45) is 5.73 Å². The Hall–Kier alpha value is -1.52. The lowest BCUT2D eigenvalue weighted by Crippen LogP contribution is -2.15. The van der Waals surface area contributed by atoms with E-state index in [2.05, 4.69) is 0 Å². The summed E-state index contributed by atoms with van der Waals surface area (Å²) < 4.78 is 37.0. The van der Waals surface area contributed by atoms with Crippen LogP contribution in [0.15, 0.2) is 18.2 Å². The van der Waals surface area contributed by atoms with Crippen LogP contribution in [-0.4, -0.2) is 5.91 Å². The minimum absolute atomic E-state index is 0.144. The van der Waals surface area contributed by atoms with Crippen LogP contribution >= 0.6 is 0 Å². The number of carbonyl (C=O) groups excluding carboxylic acids is 1. The van der Waals surface area contributed by atoms with Gasteiger partial charge in [0.2, 0.25) is 5.91 Å². The van der Waals surface area contributed by atoms with Crippen molar-refractivity contribution in [3.63, 3.8) is 0 Å². The van der Waals surface area contributed by atoms with E-state index >= 15 is 0 Å². The minimum Gasteiger partial charge on any atom is -0.366 e. The average molecular weight is 217 g/mol. The molecule has 0 unspecified atom stereocenters. The van der Waals surface area contributed by atoms with E-state index in [-0.39, 0.29) is 5.56 Å². The molecule has 0 aromatic heterocycles. The Morgan fingerprint density at radius 1 is 1.40 bits per heavy atom. The lowest BCUT2D eigenvalue weighted by atomic mass is 10.0. The lowest BCUT2D eigenvalue weighted by molar-refractivity contribution is -0.137. The van der Waals surface area contributed by atoms with Crippen molar-refractivity contribution in [1.82, 2.24) is 0 Å². The summed E-state index contributed by atoms with van der Waals surface area (Å²) in [6.07, 6.45) is -4.05. The van der Waals surface area contributed by atoms with Gasteiger partial charge in [0.15, 0.2) is 0 Å². The van der Waals surface area contributed by atoms with Gasteiger partial charge in [-0.15, -0.1) is 0 Å². The Morgan fingerprint density at radius 2 is 2.00 bits per heavy atom. The van der Waals surface area contributed by atoms with Crippen molar-refractivity contribution in [3.8, 4) is 0 Å². The molecule has 0 fully saturated rings. The Balaban J connectivity index is 3.25. The van der Waals surface area contributed by atoms with Crippen LogP contribution in [-0.2, 0) is 12.6 Å². The molecule has 0 aliphatic rings. The molecule has 0 heterocycles. The molecular weight excluding hydrogens is 207 g/mol. The number of halogens is 3. The summed E-state index contributed by atoms with van der Waals surface area (Å²) in [5, 5.41) is 0. The van der Waals surface area contributed by atoms with Crippen molar-refractivity contribution in [2.45, 2.75) is 19.5 Å². The predicted octanol–water partition coefficient (Wildman–Crippen LogP) is 2.37. The molecule has 0 bridgehead atoms. The summed E-state index contributed by atoms with van der Waals surface area (Å²) in [5.41, 5.74) is 4.73. The molecule has 1 aromatic carbocycles. The van der Waals surface area contributed by atoms with Crippen molar-refractivity contribution in [1.29, 1.82) is 0 Å². The predicted molar refractivity (Wildman–Crippen MR) is 49.3 cm³/mol. The molecule has 0 saturated carbocycles. The van der Waals surface area contributed by atoms with E-state index < -0.39 is 17.6 Å². The molecule has 0 radical (unpaired) electrons. The first kappa shape index (κ1) is 11.6. The fourth-order valence-corrected chi connectivity index (χ4v) is 1.30. The van der Waals surface area contributed by atoms with Crippen LogP contribution in [0.3, 0.4) is 0 Å². The molecule has 82 valence electrons. The van der Waals surface area contributed by atoms with Gasteiger partial charge in [-0.3, -0.25) is 4.79 Å². The monoisotopic (exact) mass is 217 g/mol. The third-order valence-corrected chi connectivity index (χ3v) is 2.08. The van der Waals surface area contributed by atoms with E-state index in [4.69, 9.17) is 5.73 Å². The zero-order valence-electron chi connectivity index (χ0n) is 8.06. The van der Waals surface area contributed by atoms with E-state index in [9.17, 15) is 18.0 Å². The van der Waals surface area contributed by atoms with Gasteiger partial charge in [0.25, 0.3) is 0 Å². The Labute approximate surface area is 84.9 Å². The molecule has 2 N–H and O–H groups in total. The smallest absolute Gasteiger partial charge is 0.366 e. The summed E-state index contributed by atoms with van der Waals surface area (Å²) in [4.78, 5) is 10.9. The van der Waals surface area contributed by atoms with Crippen LogP contribution in [0.5, 0.6) is 0 Å². The van der Waals surface area contributed by atoms with Crippen LogP contribution in [0, 0.1) is 0 Å². The highest BCUT2D eigenvalue weighted by molar-refractivity contribution is 5.94. The number of primary amides is 1. The molecule has 2 nitrogen and oxygen atoms in total. The number of nitrogens with two attached hydrogens (primary N) is 1. The van der Waals surface area contributed by atoms with E-state index in [0.29, 0.717) is 12.0 Å². The van der Waals surface area contributed by atoms with Crippen molar-refractivity contribution >= 4 is 5.91 Å². The molecule has 1 rings (SSSR count). The maximum Gasteiger partial charge on any atom is 0.416 e. The molecule has 1 amide bonds. The van der Waals surface area contributed by atoms with Crippen LogP contribution in [0.2, 0.25) is 0 Å². The number of aryl methyl sites for hydroxylation is 1. The highest BCUT2D eigenvalue weighted by Crippen LogP contribution is 2.30. The first-order chi connectivity index (χ1) is 6.86. The zero-order valence-corrected chi connectivity index (χ0v) is 8.06. The number of rotatable bonds is 2. The molecule has 0 saturated heterocycles. The quantitative estimate of drug-likeness (QED) is 0.811. The highest BCUT2D eigenvalue weighted by atomic mass is 19.4. The maximum absolute atomic E-state index is 12.3. The van der Waals surface area contributed by atoms with Crippen LogP contribution in [0.25, 0.3) is 0 Å². The molecular formula is C10H10F3NO. The first-order valence-corrected chi connectivity index (χ1v) is 4.36. The van der Waals surface area contributed by atoms with Gasteiger partial charge in [0.05, 0.1) is 5.56 Å². The van der Waals surface area contributed by atoms with Crippen molar-refractivity contribution in [3.05, 3.63) is 34.9 Å². The van der Waals surface area contributed by atoms with E-state index in [1.54, 1.807) is 6.92 Å².